The third-order valence-electron chi connectivity index (χ3n) is 9.13. The second kappa shape index (κ2) is 10.7. The van der Waals surface area contributed by atoms with Crippen molar-refractivity contribution in [1.82, 2.24) is 9.88 Å². The van der Waals surface area contributed by atoms with Crippen molar-refractivity contribution in [2.75, 3.05) is 25.2 Å². The maximum Gasteiger partial charge on any atom is 0.236 e. The molecular formula is C31H38ClN3O4SSi. The molecule has 41 heavy (non-hydrogen) atoms. The predicted octanol–water partition coefficient (Wildman–Crippen LogP) is 7.38. The first-order valence-corrected chi connectivity index (χ1v) is 18.4. The highest BCUT2D eigenvalue weighted by molar-refractivity contribution is 7.15. The van der Waals surface area contributed by atoms with E-state index in [2.05, 4.69) is 55.1 Å². The molecule has 1 saturated heterocycles. The summed E-state index contributed by atoms with van der Waals surface area (Å²) in [6.45, 7) is 13.4. The molecule has 0 spiro atoms. The lowest BCUT2D eigenvalue weighted by atomic mass is 9.94. The van der Waals surface area contributed by atoms with Crippen LogP contribution in [0.15, 0.2) is 48.7 Å². The topological polar surface area (TPSA) is 72.9 Å². The van der Waals surface area contributed by atoms with Crippen LogP contribution in [0.2, 0.25) is 23.2 Å². The molecule has 1 N–H and O–H groups in total. The van der Waals surface area contributed by atoms with Gasteiger partial charge in [-0.2, -0.15) is 0 Å². The van der Waals surface area contributed by atoms with Crippen molar-refractivity contribution < 1.29 is 18.7 Å². The Kier molecular flexibility index (Phi) is 7.47. The SMILES string of the molecule is CC(C)(C)[Si](C)(C)O[C@@H]1CCN([C@H](c2cnc(NC(=O)C3(c4ccc5c(c4)OCO5)CC3)s2)c2ccccc2Cl)C1. The monoisotopic (exact) mass is 611 g/mol. The summed E-state index contributed by atoms with van der Waals surface area (Å²) in [5.74, 6) is 1.39. The van der Waals surface area contributed by atoms with Gasteiger partial charge in [0.25, 0.3) is 0 Å². The van der Waals surface area contributed by atoms with E-state index in [4.69, 9.17) is 25.5 Å². The number of halogens is 1. The molecule has 0 bridgehead atoms. The molecule has 3 aliphatic rings. The Bertz CT molecular complexity index is 1450. The van der Waals surface area contributed by atoms with Gasteiger partial charge in [-0.1, -0.05) is 68.0 Å². The van der Waals surface area contributed by atoms with Crippen LogP contribution in [0.3, 0.4) is 0 Å². The maximum atomic E-state index is 13.6. The Balaban J connectivity index is 1.21. The van der Waals surface area contributed by atoms with Gasteiger partial charge in [0.1, 0.15) is 0 Å². The Morgan fingerprint density at radius 3 is 2.68 bits per heavy atom. The van der Waals surface area contributed by atoms with Crippen LogP contribution in [0.4, 0.5) is 5.13 Å². The van der Waals surface area contributed by atoms with Crippen LogP contribution in [-0.2, 0) is 14.6 Å². The number of aromatic nitrogens is 1. The second-order valence-corrected chi connectivity index (χ2v) is 19.1. The van der Waals surface area contributed by atoms with Gasteiger partial charge in [0.15, 0.2) is 24.9 Å². The number of amides is 1. The summed E-state index contributed by atoms with van der Waals surface area (Å²) < 4.78 is 17.8. The van der Waals surface area contributed by atoms with Crippen LogP contribution in [-0.4, -0.2) is 50.1 Å². The first kappa shape index (κ1) is 28.7. The first-order valence-electron chi connectivity index (χ1n) is 14.3. The van der Waals surface area contributed by atoms with Gasteiger partial charge in [0, 0.05) is 29.2 Å². The summed E-state index contributed by atoms with van der Waals surface area (Å²) in [5.41, 5.74) is 1.44. The lowest BCUT2D eigenvalue weighted by Gasteiger charge is -2.38. The quantitative estimate of drug-likeness (QED) is 0.268. The minimum Gasteiger partial charge on any atom is -0.454 e. The number of anilines is 1. The van der Waals surface area contributed by atoms with Crippen LogP contribution in [0, 0.1) is 0 Å². The van der Waals surface area contributed by atoms with Crippen molar-refractivity contribution in [2.45, 2.75) is 75.7 Å². The van der Waals surface area contributed by atoms with Gasteiger partial charge in [-0.15, -0.1) is 0 Å². The minimum atomic E-state index is -1.89. The van der Waals surface area contributed by atoms with E-state index in [1.165, 1.54) is 11.3 Å². The van der Waals surface area contributed by atoms with Crippen molar-refractivity contribution in [2.24, 2.45) is 0 Å². The van der Waals surface area contributed by atoms with Gasteiger partial charge >= 0.3 is 0 Å². The lowest BCUT2D eigenvalue weighted by molar-refractivity contribution is -0.118. The molecule has 0 unspecified atom stereocenters. The lowest BCUT2D eigenvalue weighted by Crippen LogP contribution is -2.44. The molecule has 1 amide bonds. The Morgan fingerprint density at radius 1 is 1.20 bits per heavy atom. The van der Waals surface area contributed by atoms with Crippen molar-refractivity contribution in [3.63, 3.8) is 0 Å². The van der Waals surface area contributed by atoms with Crippen LogP contribution in [0.5, 0.6) is 11.5 Å². The van der Waals surface area contributed by atoms with Crippen LogP contribution in [0.25, 0.3) is 0 Å². The van der Waals surface area contributed by atoms with Crippen molar-refractivity contribution in [3.8, 4) is 11.5 Å². The minimum absolute atomic E-state index is 0.0319. The maximum absolute atomic E-state index is 13.6. The van der Waals surface area contributed by atoms with Crippen molar-refractivity contribution in [3.05, 3.63) is 69.7 Å². The third kappa shape index (κ3) is 5.55. The average molecular weight is 612 g/mol. The number of hydrogen-bond acceptors (Lipinski definition) is 7. The molecule has 6 rings (SSSR count). The third-order valence-corrected chi connectivity index (χ3v) is 15.0. The molecule has 10 heteroatoms. The summed E-state index contributed by atoms with van der Waals surface area (Å²) >= 11 is 8.28. The Labute approximate surface area is 252 Å². The number of fused-ring (bicyclic) bond motifs is 1. The first-order chi connectivity index (χ1) is 19.5. The molecule has 1 aromatic heterocycles. The van der Waals surface area contributed by atoms with E-state index in [0.717, 1.165) is 59.1 Å². The van der Waals surface area contributed by atoms with E-state index in [0.29, 0.717) is 10.9 Å². The fourth-order valence-electron chi connectivity index (χ4n) is 5.56. The van der Waals surface area contributed by atoms with E-state index < -0.39 is 13.7 Å². The average Bonchev–Trinajstić information content (AvgIpc) is 3.21. The van der Waals surface area contributed by atoms with Crippen molar-refractivity contribution in [1.29, 1.82) is 0 Å². The highest BCUT2D eigenvalue weighted by Crippen LogP contribution is 2.51. The van der Waals surface area contributed by atoms with E-state index in [-0.39, 0.29) is 29.9 Å². The normalized spacial score (nSPS) is 20.7. The molecule has 2 aromatic carbocycles. The standard InChI is InChI=1S/C31H38ClN3O4SSi/c1-30(2,3)41(4,5)39-21-12-15-35(18-21)27(22-8-6-7-9-23(22)32)26-17-33-29(40-26)34-28(36)31(13-14-31)20-10-11-24-25(16-20)38-19-37-24/h6-11,16-17,21,27H,12-15,18-19H2,1-5H3,(H,33,34,36)/t21-,27+/m1/s1. The van der Waals surface area contributed by atoms with E-state index in [1.54, 1.807) is 0 Å². The second-order valence-electron chi connectivity index (χ2n) is 12.9. The van der Waals surface area contributed by atoms with Crippen LogP contribution < -0.4 is 14.8 Å². The molecule has 0 radical (unpaired) electrons. The van der Waals surface area contributed by atoms with Gasteiger partial charge in [0.2, 0.25) is 12.7 Å². The number of likely N-dealkylation sites (tertiary alicyclic amines) is 1. The smallest absolute Gasteiger partial charge is 0.236 e. The van der Waals surface area contributed by atoms with Crippen LogP contribution in [0.1, 0.15) is 62.1 Å². The van der Waals surface area contributed by atoms with Gasteiger partial charge in [-0.25, -0.2) is 4.98 Å². The van der Waals surface area contributed by atoms with Gasteiger partial charge in [-0.05, 0) is 66.7 Å². The van der Waals surface area contributed by atoms with E-state index in [1.807, 2.05) is 42.6 Å². The number of nitrogens with zero attached hydrogens (tertiary/aromatic N) is 2. The van der Waals surface area contributed by atoms with Gasteiger partial charge in [0.05, 0.1) is 17.6 Å². The molecule has 218 valence electrons. The summed E-state index contributed by atoms with van der Waals surface area (Å²) in [6, 6.07) is 13.7. The van der Waals surface area contributed by atoms with E-state index >= 15 is 0 Å². The van der Waals surface area contributed by atoms with Crippen LogP contribution >= 0.6 is 22.9 Å². The predicted molar refractivity (Wildman–Crippen MR) is 166 cm³/mol. The largest absolute Gasteiger partial charge is 0.454 e. The molecular weight excluding hydrogens is 574 g/mol. The molecule has 3 aromatic rings. The molecule has 7 nitrogen and oxygen atoms in total. The zero-order chi connectivity index (χ0) is 29.0. The molecule has 2 atom stereocenters. The summed E-state index contributed by atoms with van der Waals surface area (Å²) in [5, 5.41) is 4.61. The number of nitrogens with one attached hydrogen (secondary N) is 1. The van der Waals surface area contributed by atoms with Gasteiger partial charge < -0.3 is 19.2 Å². The zero-order valence-electron chi connectivity index (χ0n) is 24.3. The molecule has 1 aliphatic carbocycles. The number of hydrogen-bond donors (Lipinski definition) is 1. The Morgan fingerprint density at radius 2 is 1.95 bits per heavy atom. The fraction of sp³-hybridized carbons (Fsp3) is 0.484. The van der Waals surface area contributed by atoms with E-state index in [9.17, 15) is 4.79 Å². The number of ether oxygens (including phenoxy) is 2. The Hall–Kier alpha value is -2.43. The molecule has 1 saturated carbocycles. The molecule has 2 fully saturated rings. The van der Waals surface area contributed by atoms with Gasteiger partial charge in [-0.3, -0.25) is 9.69 Å². The highest BCUT2D eigenvalue weighted by Gasteiger charge is 2.52. The summed E-state index contributed by atoms with van der Waals surface area (Å²) in [7, 11) is -1.89. The number of carbonyl (C=O) groups is 1. The zero-order valence-corrected chi connectivity index (χ0v) is 26.9. The molecule has 2 aliphatic heterocycles. The fourth-order valence-corrected chi connectivity index (χ4v) is 8.14. The summed E-state index contributed by atoms with van der Waals surface area (Å²) in [6.07, 6.45) is 4.64. The number of carbonyl (C=O) groups excluding carboxylic acids is 1. The van der Waals surface area contributed by atoms with Crippen molar-refractivity contribution >= 4 is 42.3 Å². The number of rotatable bonds is 8. The number of benzene rings is 2. The molecule has 3 heterocycles. The highest BCUT2D eigenvalue weighted by atomic mass is 35.5. The number of thiazole rings is 1. The summed E-state index contributed by atoms with van der Waals surface area (Å²) in [4.78, 5) is 21.7.